The lowest BCUT2D eigenvalue weighted by molar-refractivity contribution is 0.437. The number of aryl methyl sites for hydroxylation is 1. The van der Waals surface area contributed by atoms with Crippen LogP contribution in [0.4, 0.5) is 5.82 Å². The lowest BCUT2D eigenvalue weighted by Gasteiger charge is -2.28. The molecule has 0 saturated heterocycles. The highest BCUT2D eigenvalue weighted by Crippen LogP contribution is 2.31. The van der Waals surface area contributed by atoms with E-state index in [0.717, 1.165) is 17.5 Å². The number of anilines is 1. The van der Waals surface area contributed by atoms with E-state index in [1.54, 1.807) is 6.20 Å². The average Bonchev–Trinajstić information content (AvgIpc) is 2.06. The van der Waals surface area contributed by atoms with Crippen LogP contribution >= 0.6 is 0 Å². The molecule has 0 fully saturated rings. The molecule has 0 aliphatic rings. The standard InChI is InChI=1S/C12H21N3/c1-8-5-10(11(14)15-7-8)12(3,4)6-9(2)13/h5,7,9H,6,13H2,1-4H3,(H2,14,15). The molecule has 0 amide bonds. The summed E-state index contributed by atoms with van der Waals surface area (Å²) in [4.78, 5) is 4.19. The van der Waals surface area contributed by atoms with Gasteiger partial charge in [0, 0.05) is 17.8 Å². The van der Waals surface area contributed by atoms with Crippen molar-refractivity contribution in [3.05, 3.63) is 23.4 Å². The summed E-state index contributed by atoms with van der Waals surface area (Å²) in [7, 11) is 0. The van der Waals surface area contributed by atoms with Gasteiger partial charge in [0.1, 0.15) is 5.82 Å². The van der Waals surface area contributed by atoms with E-state index in [-0.39, 0.29) is 11.5 Å². The molecule has 1 aromatic heterocycles. The summed E-state index contributed by atoms with van der Waals surface area (Å²) in [5.74, 6) is 0.617. The fraction of sp³-hybridized carbons (Fsp3) is 0.583. The lowest BCUT2D eigenvalue weighted by atomic mass is 9.79. The van der Waals surface area contributed by atoms with Gasteiger partial charge in [-0.25, -0.2) is 4.98 Å². The number of aromatic nitrogens is 1. The Morgan fingerprint density at radius 2 is 2.07 bits per heavy atom. The van der Waals surface area contributed by atoms with E-state index in [1.807, 2.05) is 13.8 Å². The van der Waals surface area contributed by atoms with Gasteiger partial charge in [-0.3, -0.25) is 0 Å². The van der Waals surface area contributed by atoms with Gasteiger partial charge in [0.05, 0.1) is 0 Å². The summed E-state index contributed by atoms with van der Waals surface area (Å²) in [6.45, 7) is 8.35. The zero-order valence-electron chi connectivity index (χ0n) is 10.0. The molecule has 1 atom stereocenters. The van der Waals surface area contributed by atoms with Crippen molar-refractivity contribution >= 4 is 5.82 Å². The molecule has 1 unspecified atom stereocenters. The Kier molecular flexibility index (Phi) is 3.35. The summed E-state index contributed by atoms with van der Waals surface area (Å²) in [6, 6.07) is 2.27. The summed E-state index contributed by atoms with van der Waals surface area (Å²) in [5, 5.41) is 0. The van der Waals surface area contributed by atoms with Crippen molar-refractivity contribution in [3.63, 3.8) is 0 Å². The Morgan fingerprint density at radius 3 is 2.60 bits per heavy atom. The normalized spacial score (nSPS) is 13.9. The lowest BCUT2D eigenvalue weighted by Crippen LogP contribution is -2.29. The minimum absolute atomic E-state index is 0.0166. The van der Waals surface area contributed by atoms with Gasteiger partial charge in [0.15, 0.2) is 0 Å². The first-order chi connectivity index (χ1) is 6.83. The monoisotopic (exact) mass is 207 g/mol. The van der Waals surface area contributed by atoms with Crippen LogP contribution in [0.3, 0.4) is 0 Å². The maximum Gasteiger partial charge on any atom is 0.127 e. The molecule has 0 radical (unpaired) electrons. The number of nitrogen functional groups attached to an aromatic ring is 1. The van der Waals surface area contributed by atoms with Crippen LogP contribution in [0.1, 0.15) is 38.3 Å². The van der Waals surface area contributed by atoms with Gasteiger partial charge < -0.3 is 11.5 Å². The predicted molar refractivity (Wildman–Crippen MR) is 64.7 cm³/mol. The van der Waals surface area contributed by atoms with Crippen LogP contribution in [-0.4, -0.2) is 11.0 Å². The van der Waals surface area contributed by atoms with E-state index in [1.165, 1.54) is 0 Å². The largest absolute Gasteiger partial charge is 0.383 e. The highest BCUT2D eigenvalue weighted by molar-refractivity contribution is 5.45. The second-order valence-corrected chi connectivity index (χ2v) is 5.01. The van der Waals surface area contributed by atoms with Crippen LogP contribution in [0.2, 0.25) is 0 Å². The third kappa shape index (κ3) is 2.93. The van der Waals surface area contributed by atoms with Crippen LogP contribution in [-0.2, 0) is 5.41 Å². The van der Waals surface area contributed by atoms with Crippen molar-refractivity contribution in [2.24, 2.45) is 5.73 Å². The Labute approximate surface area is 91.9 Å². The Balaban J connectivity index is 3.08. The predicted octanol–water partition coefficient (Wildman–Crippen LogP) is 1.99. The summed E-state index contributed by atoms with van der Waals surface area (Å²) in [5.41, 5.74) is 14.0. The van der Waals surface area contributed by atoms with Gasteiger partial charge >= 0.3 is 0 Å². The van der Waals surface area contributed by atoms with Gasteiger partial charge in [0.2, 0.25) is 0 Å². The smallest absolute Gasteiger partial charge is 0.127 e. The SMILES string of the molecule is Cc1cnc(N)c(C(C)(C)CC(C)N)c1. The Hall–Kier alpha value is -1.09. The van der Waals surface area contributed by atoms with E-state index in [0.29, 0.717) is 5.82 Å². The van der Waals surface area contributed by atoms with Gasteiger partial charge in [-0.15, -0.1) is 0 Å². The van der Waals surface area contributed by atoms with Crippen molar-refractivity contribution < 1.29 is 0 Å². The first-order valence-electron chi connectivity index (χ1n) is 5.31. The first-order valence-corrected chi connectivity index (χ1v) is 5.31. The van der Waals surface area contributed by atoms with Crippen molar-refractivity contribution in [2.75, 3.05) is 5.73 Å². The number of pyridine rings is 1. The molecule has 3 heteroatoms. The maximum absolute atomic E-state index is 5.90. The number of nitrogens with zero attached hydrogens (tertiary/aromatic N) is 1. The Morgan fingerprint density at radius 1 is 1.47 bits per heavy atom. The average molecular weight is 207 g/mol. The second kappa shape index (κ2) is 4.19. The minimum atomic E-state index is -0.0166. The molecule has 0 aliphatic carbocycles. The zero-order valence-corrected chi connectivity index (χ0v) is 10.0. The minimum Gasteiger partial charge on any atom is -0.383 e. The molecule has 84 valence electrons. The van der Waals surface area contributed by atoms with Crippen molar-refractivity contribution in [1.29, 1.82) is 0 Å². The number of hydrogen-bond donors (Lipinski definition) is 2. The second-order valence-electron chi connectivity index (χ2n) is 5.01. The van der Waals surface area contributed by atoms with Crippen LogP contribution < -0.4 is 11.5 Å². The van der Waals surface area contributed by atoms with Crippen LogP contribution in [0.5, 0.6) is 0 Å². The molecule has 0 aliphatic heterocycles. The highest BCUT2D eigenvalue weighted by Gasteiger charge is 2.25. The van der Waals surface area contributed by atoms with E-state index in [4.69, 9.17) is 11.5 Å². The van der Waals surface area contributed by atoms with Crippen molar-refractivity contribution in [2.45, 2.75) is 45.6 Å². The van der Waals surface area contributed by atoms with Crippen molar-refractivity contribution in [3.8, 4) is 0 Å². The number of hydrogen-bond acceptors (Lipinski definition) is 3. The topological polar surface area (TPSA) is 64.9 Å². The molecule has 4 N–H and O–H groups in total. The summed E-state index contributed by atoms with van der Waals surface area (Å²) >= 11 is 0. The molecule has 1 heterocycles. The van der Waals surface area contributed by atoms with Crippen LogP contribution in [0.25, 0.3) is 0 Å². The third-order valence-electron chi connectivity index (χ3n) is 2.62. The van der Waals surface area contributed by atoms with Gasteiger partial charge in [-0.2, -0.15) is 0 Å². The summed E-state index contributed by atoms with van der Waals surface area (Å²) < 4.78 is 0. The van der Waals surface area contributed by atoms with E-state index >= 15 is 0 Å². The molecule has 1 aromatic rings. The number of nitrogens with two attached hydrogens (primary N) is 2. The Bertz CT molecular complexity index is 343. The highest BCUT2D eigenvalue weighted by atomic mass is 14.8. The van der Waals surface area contributed by atoms with Gasteiger partial charge in [-0.1, -0.05) is 19.9 Å². The molecule has 0 spiro atoms. The van der Waals surface area contributed by atoms with E-state index in [2.05, 4.69) is 24.9 Å². The summed E-state index contributed by atoms with van der Waals surface area (Å²) in [6.07, 6.45) is 2.70. The maximum atomic E-state index is 5.90. The first kappa shape index (κ1) is 12.0. The van der Waals surface area contributed by atoms with E-state index < -0.39 is 0 Å². The quantitative estimate of drug-likeness (QED) is 0.796. The van der Waals surface area contributed by atoms with Crippen LogP contribution in [0, 0.1) is 6.92 Å². The van der Waals surface area contributed by atoms with Crippen LogP contribution in [0.15, 0.2) is 12.3 Å². The van der Waals surface area contributed by atoms with Gasteiger partial charge in [-0.05, 0) is 31.2 Å². The molecule has 0 saturated carbocycles. The zero-order chi connectivity index (χ0) is 11.6. The molecule has 3 nitrogen and oxygen atoms in total. The third-order valence-corrected chi connectivity index (χ3v) is 2.62. The van der Waals surface area contributed by atoms with Gasteiger partial charge in [0.25, 0.3) is 0 Å². The fourth-order valence-electron chi connectivity index (χ4n) is 2.04. The molecule has 0 aromatic carbocycles. The molecule has 0 bridgehead atoms. The molecule has 15 heavy (non-hydrogen) atoms. The molecular formula is C12H21N3. The molecular weight excluding hydrogens is 186 g/mol. The molecule has 1 rings (SSSR count). The number of rotatable bonds is 3. The van der Waals surface area contributed by atoms with Crippen molar-refractivity contribution in [1.82, 2.24) is 4.98 Å². The fourth-order valence-corrected chi connectivity index (χ4v) is 2.04. The van der Waals surface area contributed by atoms with E-state index in [9.17, 15) is 0 Å².